The molecule has 1 aromatic rings. The molecular formula is C12H21BrN4O. The van der Waals surface area contributed by atoms with E-state index in [4.69, 9.17) is 10.5 Å². The van der Waals surface area contributed by atoms with E-state index < -0.39 is 0 Å². The molecule has 1 aliphatic heterocycles. The number of nitrogens with zero attached hydrogens (tertiary/aromatic N) is 3. The maximum Gasteiger partial charge on any atom is 0.0739 e. The van der Waals surface area contributed by atoms with Crippen LogP contribution in [0.4, 0.5) is 0 Å². The number of ether oxygens (including phenoxy) is 1. The molecule has 1 unspecified atom stereocenters. The quantitative estimate of drug-likeness (QED) is 0.905. The Balaban J connectivity index is 2.17. The molecule has 18 heavy (non-hydrogen) atoms. The summed E-state index contributed by atoms with van der Waals surface area (Å²) in [5.74, 6) is 0. The third kappa shape index (κ3) is 2.77. The van der Waals surface area contributed by atoms with E-state index in [-0.39, 0.29) is 0 Å². The Kier molecular flexibility index (Phi) is 4.77. The molecule has 1 aromatic heterocycles. The zero-order valence-corrected chi connectivity index (χ0v) is 12.6. The molecule has 0 spiro atoms. The smallest absolute Gasteiger partial charge is 0.0739 e. The van der Waals surface area contributed by atoms with E-state index in [1.54, 1.807) is 0 Å². The summed E-state index contributed by atoms with van der Waals surface area (Å²) in [5.41, 5.74) is 8.08. The Labute approximate surface area is 116 Å². The summed E-state index contributed by atoms with van der Waals surface area (Å²) in [6.07, 6.45) is 0. The monoisotopic (exact) mass is 316 g/mol. The van der Waals surface area contributed by atoms with E-state index in [1.165, 1.54) is 5.69 Å². The normalized spacial score (nSPS) is 21.4. The lowest BCUT2D eigenvalue weighted by Crippen LogP contribution is -2.49. The second-order valence-electron chi connectivity index (χ2n) is 4.60. The van der Waals surface area contributed by atoms with Crippen molar-refractivity contribution in [1.29, 1.82) is 0 Å². The number of nitrogens with two attached hydrogens (primary N) is 1. The standard InChI is InChI=1S/C12H21BrN4O/c1-3-17-11(12(13)9(2)15-17)7-16-4-5-18-8-10(16)6-14/h10H,3-8,14H2,1-2H3. The van der Waals surface area contributed by atoms with Crippen molar-refractivity contribution < 1.29 is 4.74 Å². The van der Waals surface area contributed by atoms with Gasteiger partial charge < -0.3 is 10.5 Å². The molecule has 5 nitrogen and oxygen atoms in total. The van der Waals surface area contributed by atoms with Crippen LogP contribution in [0.3, 0.4) is 0 Å². The van der Waals surface area contributed by atoms with Crippen molar-refractivity contribution in [2.75, 3.05) is 26.3 Å². The maximum absolute atomic E-state index is 5.81. The van der Waals surface area contributed by atoms with Crippen molar-refractivity contribution in [3.05, 3.63) is 15.9 Å². The summed E-state index contributed by atoms with van der Waals surface area (Å²) < 4.78 is 8.65. The van der Waals surface area contributed by atoms with Crippen molar-refractivity contribution in [3.8, 4) is 0 Å². The van der Waals surface area contributed by atoms with Crippen LogP contribution in [-0.4, -0.2) is 47.0 Å². The van der Waals surface area contributed by atoms with Crippen LogP contribution in [0.25, 0.3) is 0 Å². The molecule has 6 heteroatoms. The molecule has 0 aromatic carbocycles. The molecular weight excluding hydrogens is 296 g/mol. The first-order chi connectivity index (χ1) is 8.67. The van der Waals surface area contributed by atoms with E-state index in [0.29, 0.717) is 12.6 Å². The fraction of sp³-hybridized carbons (Fsp3) is 0.750. The van der Waals surface area contributed by atoms with Gasteiger partial charge >= 0.3 is 0 Å². The molecule has 1 atom stereocenters. The summed E-state index contributed by atoms with van der Waals surface area (Å²) in [6, 6.07) is 0.311. The number of rotatable bonds is 4. The highest BCUT2D eigenvalue weighted by Crippen LogP contribution is 2.23. The number of aromatic nitrogens is 2. The minimum absolute atomic E-state index is 0.311. The Morgan fingerprint density at radius 3 is 3.00 bits per heavy atom. The first-order valence-electron chi connectivity index (χ1n) is 6.41. The predicted molar refractivity (Wildman–Crippen MR) is 74.4 cm³/mol. The van der Waals surface area contributed by atoms with Crippen molar-refractivity contribution >= 4 is 15.9 Å². The van der Waals surface area contributed by atoms with Crippen molar-refractivity contribution in [3.63, 3.8) is 0 Å². The minimum Gasteiger partial charge on any atom is -0.378 e. The van der Waals surface area contributed by atoms with E-state index >= 15 is 0 Å². The van der Waals surface area contributed by atoms with Crippen LogP contribution >= 0.6 is 15.9 Å². The molecule has 0 radical (unpaired) electrons. The van der Waals surface area contributed by atoms with Crippen LogP contribution in [0.5, 0.6) is 0 Å². The van der Waals surface area contributed by atoms with Crippen LogP contribution in [0.15, 0.2) is 4.47 Å². The van der Waals surface area contributed by atoms with Gasteiger partial charge in [0.25, 0.3) is 0 Å². The SMILES string of the molecule is CCn1nc(C)c(Br)c1CN1CCOCC1CN. The Morgan fingerprint density at radius 1 is 1.56 bits per heavy atom. The van der Waals surface area contributed by atoms with E-state index in [2.05, 4.69) is 37.5 Å². The van der Waals surface area contributed by atoms with Gasteiger partial charge in [-0.3, -0.25) is 9.58 Å². The van der Waals surface area contributed by atoms with Crippen LogP contribution in [0, 0.1) is 6.92 Å². The topological polar surface area (TPSA) is 56.3 Å². The molecule has 2 N–H and O–H groups in total. The second kappa shape index (κ2) is 6.14. The average molecular weight is 317 g/mol. The fourth-order valence-corrected chi connectivity index (χ4v) is 2.74. The molecule has 0 amide bonds. The third-order valence-electron chi connectivity index (χ3n) is 3.43. The van der Waals surface area contributed by atoms with Crippen molar-refractivity contribution in [2.45, 2.75) is 33.0 Å². The number of aryl methyl sites for hydroxylation is 2. The lowest BCUT2D eigenvalue weighted by molar-refractivity contribution is -0.00911. The maximum atomic E-state index is 5.81. The fourth-order valence-electron chi connectivity index (χ4n) is 2.33. The summed E-state index contributed by atoms with van der Waals surface area (Å²) >= 11 is 3.64. The van der Waals surface area contributed by atoms with E-state index in [9.17, 15) is 0 Å². The van der Waals surface area contributed by atoms with Gasteiger partial charge in [-0.25, -0.2) is 0 Å². The number of hydrogen-bond acceptors (Lipinski definition) is 4. The van der Waals surface area contributed by atoms with Gasteiger partial charge in [-0.1, -0.05) is 0 Å². The molecule has 2 heterocycles. The van der Waals surface area contributed by atoms with Gasteiger partial charge in [0.1, 0.15) is 0 Å². The first-order valence-corrected chi connectivity index (χ1v) is 7.20. The molecule has 0 saturated carbocycles. The van der Waals surface area contributed by atoms with Crippen molar-refractivity contribution in [2.24, 2.45) is 5.73 Å². The number of halogens is 1. The Bertz CT molecular complexity index is 407. The Hall–Kier alpha value is -0.430. The second-order valence-corrected chi connectivity index (χ2v) is 5.39. The van der Waals surface area contributed by atoms with Gasteiger partial charge in [0, 0.05) is 32.2 Å². The highest BCUT2D eigenvalue weighted by atomic mass is 79.9. The molecule has 102 valence electrons. The highest BCUT2D eigenvalue weighted by Gasteiger charge is 2.24. The molecule has 0 aliphatic carbocycles. The minimum atomic E-state index is 0.311. The third-order valence-corrected chi connectivity index (χ3v) is 4.46. The Morgan fingerprint density at radius 2 is 2.33 bits per heavy atom. The van der Waals surface area contributed by atoms with Gasteiger partial charge in [-0.2, -0.15) is 5.10 Å². The summed E-state index contributed by atoms with van der Waals surface area (Å²) in [5, 5.41) is 4.53. The van der Waals surface area contributed by atoms with Gasteiger partial charge in [0.2, 0.25) is 0 Å². The number of morpholine rings is 1. The zero-order valence-electron chi connectivity index (χ0n) is 11.0. The molecule has 1 fully saturated rings. The first kappa shape index (κ1) is 14.0. The lowest BCUT2D eigenvalue weighted by atomic mass is 10.2. The van der Waals surface area contributed by atoms with Gasteiger partial charge in [0.15, 0.2) is 0 Å². The molecule has 0 bridgehead atoms. The van der Waals surface area contributed by atoms with E-state index in [1.807, 2.05) is 6.92 Å². The molecule has 2 rings (SSSR count). The summed E-state index contributed by atoms with van der Waals surface area (Å²) in [6.45, 7) is 8.99. The van der Waals surface area contributed by atoms with Crippen LogP contribution in [0.1, 0.15) is 18.3 Å². The molecule has 1 aliphatic rings. The van der Waals surface area contributed by atoms with Crippen LogP contribution < -0.4 is 5.73 Å². The summed E-state index contributed by atoms with van der Waals surface area (Å²) in [7, 11) is 0. The largest absolute Gasteiger partial charge is 0.378 e. The van der Waals surface area contributed by atoms with Crippen molar-refractivity contribution in [1.82, 2.24) is 14.7 Å². The van der Waals surface area contributed by atoms with Gasteiger partial charge in [-0.05, 0) is 29.8 Å². The highest BCUT2D eigenvalue weighted by molar-refractivity contribution is 9.10. The van der Waals surface area contributed by atoms with Crippen LogP contribution in [0.2, 0.25) is 0 Å². The molecule has 1 saturated heterocycles. The zero-order chi connectivity index (χ0) is 13.1. The predicted octanol–water partition coefficient (Wildman–Crippen LogP) is 1.13. The summed E-state index contributed by atoms with van der Waals surface area (Å²) in [4.78, 5) is 2.39. The average Bonchev–Trinajstić information content (AvgIpc) is 2.67. The number of hydrogen-bond donors (Lipinski definition) is 1. The van der Waals surface area contributed by atoms with E-state index in [0.717, 1.165) is 43.0 Å². The van der Waals surface area contributed by atoms with Crippen LogP contribution in [-0.2, 0) is 17.8 Å². The lowest BCUT2D eigenvalue weighted by Gasteiger charge is -2.34. The van der Waals surface area contributed by atoms with Gasteiger partial charge in [-0.15, -0.1) is 0 Å². The van der Waals surface area contributed by atoms with Gasteiger partial charge in [0.05, 0.1) is 29.1 Å².